The monoisotopic (exact) mass is 644 g/mol. The van der Waals surface area contributed by atoms with Crippen LogP contribution in [0.5, 0.6) is 0 Å². The van der Waals surface area contributed by atoms with Crippen LogP contribution in [0.3, 0.4) is 0 Å². The molecular formula is C41H24N8O. The molecule has 9 heteroatoms. The Kier molecular flexibility index (Phi) is 6.12. The van der Waals surface area contributed by atoms with Gasteiger partial charge in [0.05, 0.1) is 44.8 Å². The summed E-state index contributed by atoms with van der Waals surface area (Å²) in [5.74, 6) is 0. The van der Waals surface area contributed by atoms with Crippen molar-refractivity contribution in [3.63, 3.8) is 0 Å². The van der Waals surface area contributed by atoms with E-state index in [1.54, 1.807) is 49.6 Å². The minimum atomic E-state index is -0.240. The van der Waals surface area contributed by atoms with Crippen molar-refractivity contribution >= 4 is 46.4 Å². The fourth-order valence-corrected chi connectivity index (χ4v) is 7.23. The second-order valence-corrected chi connectivity index (χ2v) is 12.0. The van der Waals surface area contributed by atoms with Crippen molar-refractivity contribution in [3.8, 4) is 44.5 Å². The molecule has 0 N–H and O–H groups in total. The summed E-state index contributed by atoms with van der Waals surface area (Å²) in [6.07, 6.45) is 22.2. The third kappa shape index (κ3) is 4.17. The van der Waals surface area contributed by atoms with Crippen molar-refractivity contribution in [1.82, 2.24) is 38.7 Å². The number of aromatic nitrogens is 8. The fraction of sp³-hybridized carbons (Fsp3) is 0. The van der Waals surface area contributed by atoms with Crippen LogP contribution in [-0.4, -0.2) is 38.7 Å². The second kappa shape index (κ2) is 11.0. The molecule has 0 amide bonds. The van der Waals surface area contributed by atoms with E-state index in [-0.39, 0.29) is 5.69 Å². The summed E-state index contributed by atoms with van der Waals surface area (Å²) in [6, 6.07) is 23.6. The summed E-state index contributed by atoms with van der Waals surface area (Å²) < 4.78 is 3.62. The van der Waals surface area contributed by atoms with Gasteiger partial charge in [-0.3, -0.25) is 28.7 Å². The zero-order valence-corrected chi connectivity index (χ0v) is 26.3. The molecule has 10 rings (SSSR count). The first-order valence-electron chi connectivity index (χ1n) is 16.1. The molecule has 2 aliphatic heterocycles. The molecule has 0 atom stereocenters. The summed E-state index contributed by atoms with van der Waals surface area (Å²) in [7, 11) is 0. The molecule has 0 spiro atoms. The number of pyridine rings is 4. The van der Waals surface area contributed by atoms with Crippen LogP contribution in [0.15, 0.2) is 127 Å². The molecule has 2 aliphatic rings. The van der Waals surface area contributed by atoms with Crippen molar-refractivity contribution in [2.24, 2.45) is 0 Å². The van der Waals surface area contributed by atoms with Crippen LogP contribution in [0.1, 0.15) is 22.8 Å². The maximum Gasteiger partial charge on any atom is 0.338 e. The highest BCUT2D eigenvalue weighted by molar-refractivity contribution is 6.00. The Hall–Kier alpha value is -7.13. The van der Waals surface area contributed by atoms with Crippen LogP contribution in [0.4, 0.5) is 0 Å². The molecule has 50 heavy (non-hydrogen) atoms. The SMILES string of the molecule is O=c1n2c3ccc2c(-c2ccncc2)c2nc(c(-c4ccncc4)c4ccc(c(-c5ccncc5)c5nc(c3-c3ccncc3)C=C5)n14)C=C2. The van der Waals surface area contributed by atoms with Crippen molar-refractivity contribution in [1.29, 1.82) is 0 Å². The molecule has 0 fully saturated rings. The molecule has 8 aromatic heterocycles. The van der Waals surface area contributed by atoms with Gasteiger partial charge < -0.3 is 0 Å². The molecular weight excluding hydrogens is 621 g/mol. The fourth-order valence-electron chi connectivity index (χ4n) is 7.23. The van der Waals surface area contributed by atoms with Crippen molar-refractivity contribution in [3.05, 3.63) is 156 Å². The van der Waals surface area contributed by atoms with Crippen LogP contribution in [0.25, 0.3) is 90.9 Å². The Morgan fingerprint density at radius 2 is 0.580 bits per heavy atom. The average Bonchev–Trinajstić information content (AvgIpc) is 3.99. The van der Waals surface area contributed by atoms with E-state index >= 15 is 4.79 Å². The van der Waals surface area contributed by atoms with E-state index in [0.29, 0.717) is 22.1 Å². The Bertz CT molecular complexity index is 2490. The number of hydrogen-bond acceptors (Lipinski definition) is 7. The van der Waals surface area contributed by atoms with E-state index in [1.165, 1.54) is 0 Å². The molecule has 10 heterocycles. The molecule has 0 saturated heterocycles. The molecule has 234 valence electrons. The Labute approximate surface area is 284 Å². The smallest absolute Gasteiger partial charge is 0.265 e. The van der Waals surface area contributed by atoms with E-state index in [1.807, 2.05) is 106 Å². The minimum absolute atomic E-state index is 0.240. The summed E-state index contributed by atoms with van der Waals surface area (Å²) in [4.78, 5) is 43.6. The second-order valence-electron chi connectivity index (χ2n) is 12.0. The highest BCUT2D eigenvalue weighted by Gasteiger charge is 2.23. The van der Waals surface area contributed by atoms with Crippen molar-refractivity contribution in [2.45, 2.75) is 0 Å². The lowest BCUT2D eigenvalue weighted by Gasteiger charge is -2.11. The molecule has 0 aliphatic carbocycles. The van der Waals surface area contributed by atoms with Gasteiger partial charge in [-0.2, -0.15) is 0 Å². The zero-order chi connectivity index (χ0) is 33.2. The van der Waals surface area contributed by atoms with E-state index in [2.05, 4.69) is 19.9 Å². The van der Waals surface area contributed by atoms with Gasteiger partial charge in [0, 0.05) is 71.8 Å². The van der Waals surface area contributed by atoms with Gasteiger partial charge in [0.25, 0.3) is 0 Å². The Balaban J connectivity index is 1.57. The number of rotatable bonds is 4. The highest BCUT2D eigenvalue weighted by atomic mass is 16.1. The van der Waals surface area contributed by atoms with Crippen molar-refractivity contribution < 1.29 is 0 Å². The van der Waals surface area contributed by atoms with Gasteiger partial charge in [-0.05, 0) is 119 Å². The van der Waals surface area contributed by atoms with E-state index < -0.39 is 0 Å². The topological polar surface area (TPSA) is 103 Å². The molecule has 0 radical (unpaired) electrons. The lowest BCUT2D eigenvalue weighted by Crippen LogP contribution is -2.20. The third-order valence-corrected chi connectivity index (χ3v) is 9.35. The maximum absolute atomic E-state index is 15.8. The van der Waals surface area contributed by atoms with Crippen molar-refractivity contribution in [2.75, 3.05) is 0 Å². The van der Waals surface area contributed by atoms with Gasteiger partial charge >= 0.3 is 5.69 Å². The first-order valence-corrected chi connectivity index (χ1v) is 16.1. The van der Waals surface area contributed by atoms with Gasteiger partial charge in [0.15, 0.2) is 0 Å². The number of nitrogens with zero attached hydrogens (tertiary/aromatic N) is 8. The minimum Gasteiger partial charge on any atom is -0.265 e. The van der Waals surface area contributed by atoms with E-state index in [0.717, 1.165) is 67.3 Å². The summed E-state index contributed by atoms with van der Waals surface area (Å²) in [5, 5.41) is 0. The average molecular weight is 645 g/mol. The van der Waals surface area contributed by atoms with Crippen LogP contribution in [-0.2, 0) is 0 Å². The van der Waals surface area contributed by atoms with Crippen LogP contribution >= 0.6 is 0 Å². The zero-order valence-electron chi connectivity index (χ0n) is 26.3. The normalized spacial score (nSPS) is 12.3. The van der Waals surface area contributed by atoms with Gasteiger partial charge in [-0.15, -0.1) is 0 Å². The molecule has 0 aromatic carbocycles. The third-order valence-electron chi connectivity index (χ3n) is 9.35. The molecule has 0 unspecified atom stereocenters. The molecule has 6 bridgehead atoms. The highest BCUT2D eigenvalue weighted by Crippen LogP contribution is 2.39. The van der Waals surface area contributed by atoms with Crippen LogP contribution in [0, 0.1) is 0 Å². The van der Waals surface area contributed by atoms with Crippen LogP contribution < -0.4 is 5.69 Å². The van der Waals surface area contributed by atoms with Gasteiger partial charge in [0.1, 0.15) is 0 Å². The van der Waals surface area contributed by atoms with E-state index in [4.69, 9.17) is 9.97 Å². The van der Waals surface area contributed by atoms with Gasteiger partial charge in [-0.1, -0.05) is 0 Å². The first-order chi connectivity index (χ1) is 24.7. The summed E-state index contributed by atoms with van der Waals surface area (Å²) in [5.41, 5.74) is 12.3. The first kappa shape index (κ1) is 27.9. The summed E-state index contributed by atoms with van der Waals surface area (Å²) >= 11 is 0. The lowest BCUT2D eigenvalue weighted by molar-refractivity contribution is 1.01. The predicted octanol–water partition coefficient (Wildman–Crippen LogP) is 7.84. The lowest BCUT2D eigenvalue weighted by atomic mass is 10.1. The summed E-state index contributed by atoms with van der Waals surface area (Å²) in [6.45, 7) is 0. The largest absolute Gasteiger partial charge is 0.338 e. The number of hydrogen-bond donors (Lipinski definition) is 0. The molecule has 8 aromatic rings. The molecule has 0 saturated carbocycles. The Morgan fingerprint density at radius 3 is 0.820 bits per heavy atom. The predicted molar refractivity (Wildman–Crippen MR) is 196 cm³/mol. The van der Waals surface area contributed by atoms with Crippen LogP contribution in [0.2, 0.25) is 0 Å². The Morgan fingerprint density at radius 1 is 0.340 bits per heavy atom. The standard InChI is InChI=1S/C41H24N8O/c50-41-48-33-5-6-35(48)39(27-13-21-44-22-14-27)31-3-4-32(47-31)40(28-15-23-45-24-16-28)36-8-7-34(49(36)41)38(26-11-19-43-20-12-26)30-2-1-29(46-30)37(33)25-9-17-42-18-10-25/h1-24H. The maximum atomic E-state index is 15.8. The van der Waals surface area contributed by atoms with E-state index in [9.17, 15) is 0 Å². The quantitative estimate of drug-likeness (QED) is 0.192. The number of fused-ring (bicyclic) bond motifs is 4. The van der Waals surface area contributed by atoms with Gasteiger partial charge in [0.2, 0.25) is 0 Å². The molecule has 9 nitrogen and oxygen atoms in total. The van der Waals surface area contributed by atoms with Gasteiger partial charge in [-0.25, -0.2) is 14.8 Å².